The lowest BCUT2D eigenvalue weighted by atomic mass is 10.1. The molecule has 0 bridgehead atoms. The first-order valence-corrected chi connectivity index (χ1v) is 4.86. The number of fused-ring (bicyclic) bond motifs is 1. The van der Waals surface area contributed by atoms with Crippen LogP contribution in [0.2, 0.25) is 0 Å². The Labute approximate surface area is 83.1 Å². The molecule has 0 atom stereocenters. The normalized spacial score (nSPS) is 15.1. The van der Waals surface area contributed by atoms with E-state index in [1.54, 1.807) is 6.07 Å². The first kappa shape index (κ1) is 9.06. The number of carbonyl (C=O) groups is 1. The van der Waals surface area contributed by atoms with Crippen LogP contribution in [-0.2, 0) is 6.42 Å². The molecule has 3 nitrogen and oxygen atoms in total. The Bertz CT molecular complexity index is 360. The van der Waals surface area contributed by atoms with E-state index in [1.165, 1.54) is 0 Å². The lowest BCUT2D eigenvalue weighted by Gasteiger charge is -2.09. The van der Waals surface area contributed by atoms with Crippen LogP contribution in [0, 0.1) is 0 Å². The number of benzene rings is 1. The molecule has 3 heteroatoms. The van der Waals surface area contributed by atoms with Crippen molar-refractivity contribution in [1.82, 2.24) is 5.32 Å². The lowest BCUT2D eigenvalue weighted by molar-refractivity contribution is 0.0957. The molecule has 1 amide bonds. The zero-order valence-electron chi connectivity index (χ0n) is 8.17. The summed E-state index contributed by atoms with van der Waals surface area (Å²) in [6.07, 6.45) is 0.885. The Morgan fingerprint density at radius 1 is 1.50 bits per heavy atom. The molecule has 0 saturated heterocycles. The molecule has 0 aromatic heterocycles. The molecule has 0 saturated carbocycles. The van der Waals surface area contributed by atoms with Gasteiger partial charge in [0.15, 0.2) is 0 Å². The molecule has 0 fully saturated rings. The Morgan fingerprint density at radius 2 is 2.36 bits per heavy atom. The average molecular weight is 191 g/mol. The SMILES string of the molecule is CCc1cccc2c1OCCNC2=O. The van der Waals surface area contributed by atoms with Crippen LogP contribution in [0.3, 0.4) is 0 Å². The first-order valence-electron chi connectivity index (χ1n) is 4.86. The second-order valence-corrected chi connectivity index (χ2v) is 3.25. The zero-order valence-corrected chi connectivity index (χ0v) is 8.17. The van der Waals surface area contributed by atoms with E-state index in [2.05, 4.69) is 12.2 Å². The Kier molecular flexibility index (Phi) is 2.39. The Hall–Kier alpha value is -1.51. The van der Waals surface area contributed by atoms with Gasteiger partial charge in [-0.15, -0.1) is 0 Å². The third-order valence-corrected chi connectivity index (χ3v) is 2.36. The average Bonchev–Trinajstić information content (AvgIpc) is 2.41. The van der Waals surface area contributed by atoms with Crippen LogP contribution in [0.15, 0.2) is 18.2 Å². The van der Waals surface area contributed by atoms with Crippen LogP contribution >= 0.6 is 0 Å². The van der Waals surface area contributed by atoms with Crippen LogP contribution in [0.25, 0.3) is 0 Å². The molecule has 14 heavy (non-hydrogen) atoms. The Balaban J connectivity index is 2.51. The summed E-state index contributed by atoms with van der Waals surface area (Å²) in [4.78, 5) is 11.6. The maximum absolute atomic E-state index is 11.6. The van der Waals surface area contributed by atoms with E-state index in [1.807, 2.05) is 12.1 Å². The van der Waals surface area contributed by atoms with Gasteiger partial charge in [-0.3, -0.25) is 4.79 Å². The minimum absolute atomic E-state index is 0.0344. The van der Waals surface area contributed by atoms with Gasteiger partial charge in [-0.05, 0) is 18.1 Å². The summed E-state index contributed by atoms with van der Waals surface area (Å²) in [6, 6.07) is 5.69. The fraction of sp³-hybridized carbons (Fsp3) is 0.364. The summed E-state index contributed by atoms with van der Waals surface area (Å²) in [7, 11) is 0. The number of carbonyl (C=O) groups excluding carboxylic acids is 1. The summed E-state index contributed by atoms with van der Waals surface area (Å²) in [5.74, 6) is 0.720. The van der Waals surface area contributed by atoms with E-state index in [0.29, 0.717) is 18.7 Å². The highest BCUT2D eigenvalue weighted by molar-refractivity contribution is 5.97. The maximum atomic E-state index is 11.6. The van der Waals surface area contributed by atoms with Crippen molar-refractivity contribution >= 4 is 5.91 Å². The highest BCUT2D eigenvalue weighted by Gasteiger charge is 2.17. The largest absolute Gasteiger partial charge is 0.491 e. The van der Waals surface area contributed by atoms with E-state index in [9.17, 15) is 4.79 Å². The van der Waals surface area contributed by atoms with Crippen LogP contribution in [-0.4, -0.2) is 19.1 Å². The molecular formula is C11H13NO2. The molecule has 1 heterocycles. The van der Waals surface area contributed by atoms with Crippen molar-refractivity contribution < 1.29 is 9.53 Å². The summed E-state index contributed by atoms with van der Waals surface area (Å²) < 4.78 is 5.56. The molecule has 1 aliphatic rings. The third-order valence-electron chi connectivity index (χ3n) is 2.36. The predicted octanol–water partition coefficient (Wildman–Crippen LogP) is 1.37. The van der Waals surface area contributed by atoms with Gasteiger partial charge in [0.2, 0.25) is 0 Å². The van der Waals surface area contributed by atoms with Crippen molar-refractivity contribution in [2.45, 2.75) is 13.3 Å². The first-order chi connectivity index (χ1) is 6.83. The molecule has 1 aromatic carbocycles. The standard InChI is InChI=1S/C11H13NO2/c1-2-8-4-3-5-9-10(8)14-7-6-12-11(9)13/h3-5H,2,6-7H2,1H3,(H,12,13). The fourth-order valence-electron chi connectivity index (χ4n) is 1.63. The summed E-state index contributed by atoms with van der Waals surface area (Å²) >= 11 is 0. The van der Waals surface area contributed by atoms with Crippen molar-refractivity contribution in [1.29, 1.82) is 0 Å². The van der Waals surface area contributed by atoms with Crippen molar-refractivity contribution in [2.75, 3.05) is 13.2 Å². The fourth-order valence-corrected chi connectivity index (χ4v) is 1.63. The number of hydrogen-bond acceptors (Lipinski definition) is 2. The van der Waals surface area contributed by atoms with Gasteiger partial charge < -0.3 is 10.1 Å². The summed E-state index contributed by atoms with van der Waals surface area (Å²) in [5, 5.41) is 2.79. The minimum atomic E-state index is -0.0344. The van der Waals surface area contributed by atoms with Crippen molar-refractivity contribution in [2.24, 2.45) is 0 Å². The van der Waals surface area contributed by atoms with Crippen molar-refractivity contribution in [3.63, 3.8) is 0 Å². The van der Waals surface area contributed by atoms with Crippen molar-refractivity contribution in [3.8, 4) is 5.75 Å². The van der Waals surface area contributed by atoms with Gasteiger partial charge in [-0.25, -0.2) is 0 Å². The Morgan fingerprint density at radius 3 is 3.14 bits per heavy atom. The number of ether oxygens (including phenoxy) is 1. The minimum Gasteiger partial charge on any atom is -0.491 e. The van der Waals surface area contributed by atoms with Crippen LogP contribution in [0.5, 0.6) is 5.75 Å². The van der Waals surface area contributed by atoms with Crippen LogP contribution < -0.4 is 10.1 Å². The molecule has 0 spiro atoms. The summed E-state index contributed by atoms with van der Waals surface area (Å²) in [5.41, 5.74) is 1.75. The van der Waals surface area contributed by atoms with Gasteiger partial charge in [0.25, 0.3) is 5.91 Å². The van der Waals surface area contributed by atoms with E-state index >= 15 is 0 Å². The van der Waals surface area contributed by atoms with E-state index < -0.39 is 0 Å². The molecule has 1 N–H and O–H groups in total. The molecule has 1 aromatic rings. The number of aryl methyl sites for hydroxylation is 1. The second-order valence-electron chi connectivity index (χ2n) is 3.25. The number of amides is 1. The van der Waals surface area contributed by atoms with Gasteiger partial charge in [-0.2, -0.15) is 0 Å². The molecule has 74 valence electrons. The van der Waals surface area contributed by atoms with E-state index in [0.717, 1.165) is 17.7 Å². The lowest BCUT2D eigenvalue weighted by Crippen LogP contribution is -2.24. The van der Waals surface area contributed by atoms with Gasteiger partial charge in [0.05, 0.1) is 12.1 Å². The molecule has 0 radical (unpaired) electrons. The predicted molar refractivity (Wildman–Crippen MR) is 53.6 cm³/mol. The second kappa shape index (κ2) is 3.70. The molecular weight excluding hydrogens is 178 g/mol. The zero-order chi connectivity index (χ0) is 9.97. The van der Waals surface area contributed by atoms with E-state index in [-0.39, 0.29) is 5.91 Å². The van der Waals surface area contributed by atoms with Crippen LogP contribution in [0.4, 0.5) is 0 Å². The van der Waals surface area contributed by atoms with Gasteiger partial charge in [0, 0.05) is 0 Å². The number of nitrogens with one attached hydrogen (secondary N) is 1. The topological polar surface area (TPSA) is 38.3 Å². The number of hydrogen-bond donors (Lipinski definition) is 1. The smallest absolute Gasteiger partial charge is 0.255 e. The molecule has 0 unspecified atom stereocenters. The van der Waals surface area contributed by atoms with Gasteiger partial charge in [0.1, 0.15) is 12.4 Å². The quantitative estimate of drug-likeness (QED) is 0.728. The molecule has 2 rings (SSSR count). The van der Waals surface area contributed by atoms with E-state index in [4.69, 9.17) is 4.74 Å². The van der Waals surface area contributed by atoms with Gasteiger partial charge in [-0.1, -0.05) is 19.1 Å². The van der Waals surface area contributed by atoms with Gasteiger partial charge >= 0.3 is 0 Å². The number of rotatable bonds is 1. The van der Waals surface area contributed by atoms with Crippen molar-refractivity contribution in [3.05, 3.63) is 29.3 Å². The third kappa shape index (κ3) is 1.45. The molecule has 1 aliphatic heterocycles. The summed E-state index contributed by atoms with van der Waals surface area (Å²) in [6.45, 7) is 3.19. The highest BCUT2D eigenvalue weighted by atomic mass is 16.5. The van der Waals surface area contributed by atoms with Crippen LogP contribution in [0.1, 0.15) is 22.8 Å². The monoisotopic (exact) mass is 191 g/mol. The molecule has 0 aliphatic carbocycles. The number of para-hydroxylation sites is 1. The maximum Gasteiger partial charge on any atom is 0.255 e. The highest BCUT2D eigenvalue weighted by Crippen LogP contribution is 2.25.